The molecule has 0 saturated carbocycles. The average molecular weight is 367 g/mol. The summed E-state index contributed by atoms with van der Waals surface area (Å²) in [5, 5.41) is 0. The van der Waals surface area contributed by atoms with Gasteiger partial charge in [-0.05, 0) is 37.5 Å². The highest BCUT2D eigenvalue weighted by molar-refractivity contribution is 5.77. The SMILES string of the molecule is Cc1ccc2nc(COCC(=O)N3CCCC(c4nccn4C)C3)[nH]c2c1. The molecule has 7 nitrogen and oxygen atoms in total. The smallest absolute Gasteiger partial charge is 0.248 e. The maximum atomic E-state index is 12.5. The van der Waals surface area contributed by atoms with E-state index in [0.717, 1.165) is 42.1 Å². The molecule has 4 rings (SSSR count). The number of hydrogen-bond donors (Lipinski definition) is 1. The minimum atomic E-state index is 0.0286. The number of hydrogen-bond acceptors (Lipinski definition) is 4. The van der Waals surface area contributed by atoms with E-state index in [0.29, 0.717) is 19.1 Å². The van der Waals surface area contributed by atoms with E-state index in [1.807, 2.05) is 48.0 Å². The Morgan fingerprint density at radius 3 is 3.11 bits per heavy atom. The van der Waals surface area contributed by atoms with Crippen molar-refractivity contribution >= 4 is 16.9 Å². The van der Waals surface area contributed by atoms with Gasteiger partial charge in [-0.25, -0.2) is 9.97 Å². The highest BCUT2D eigenvalue weighted by atomic mass is 16.5. The van der Waals surface area contributed by atoms with Crippen LogP contribution in [0.3, 0.4) is 0 Å². The summed E-state index contributed by atoms with van der Waals surface area (Å²) < 4.78 is 7.68. The molecule has 142 valence electrons. The van der Waals surface area contributed by atoms with Crippen molar-refractivity contribution in [3.63, 3.8) is 0 Å². The van der Waals surface area contributed by atoms with E-state index in [9.17, 15) is 4.79 Å². The molecule has 0 bridgehead atoms. The number of fused-ring (bicyclic) bond motifs is 1. The molecule has 1 fully saturated rings. The van der Waals surface area contributed by atoms with Crippen LogP contribution >= 0.6 is 0 Å². The number of piperidine rings is 1. The Bertz CT molecular complexity index is 945. The van der Waals surface area contributed by atoms with Crippen molar-refractivity contribution in [3.8, 4) is 0 Å². The number of imidazole rings is 2. The van der Waals surface area contributed by atoms with Crippen molar-refractivity contribution in [3.05, 3.63) is 47.8 Å². The molecule has 0 radical (unpaired) electrons. The molecule has 1 atom stereocenters. The number of carbonyl (C=O) groups excluding carboxylic acids is 1. The number of aryl methyl sites for hydroxylation is 2. The lowest BCUT2D eigenvalue weighted by atomic mass is 9.97. The molecule has 1 aliphatic rings. The molecule has 1 N–H and O–H groups in total. The Morgan fingerprint density at radius 2 is 2.30 bits per heavy atom. The van der Waals surface area contributed by atoms with Crippen molar-refractivity contribution in [2.45, 2.75) is 32.3 Å². The van der Waals surface area contributed by atoms with Crippen LogP contribution in [-0.4, -0.2) is 50.0 Å². The highest BCUT2D eigenvalue weighted by Gasteiger charge is 2.26. The van der Waals surface area contributed by atoms with Crippen LogP contribution in [-0.2, 0) is 23.2 Å². The van der Waals surface area contributed by atoms with Crippen LogP contribution in [0.15, 0.2) is 30.6 Å². The van der Waals surface area contributed by atoms with E-state index in [4.69, 9.17) is 4.74 Å². The van der Waals surface area contributed by atoms with Crippen molar-refractivity contribution in [1.82, 2.24) is 24.4 Å². The topological polar surface area (TPSA) is 76.0 Å². The van der Waals surface area contributed by atoms with Crippen LogP contribution < -0.4 is 0 Å². The number of likely N-dealkylation sites (tertiary alicyclic amines) is 1. The lowest BCUT2D eigenvalue weighted by Gasteiger charge is -2.32. The second-order valence-electron chi connectivity index (χ2n) is 7.27. The molecule has 7 heteroatoms. The first-order chi connectivity index (χ1) is 13.1. The number of aromatic nitrogens is 4. The number of amides is 1. The zero-order valence-corrected chi connectivity index (χ0v) is 15.8. The third-order valence-corrected chi connectivity index (χ3v) is 5.15. The Balaban J connectivity index is 1.31. The Kier molecular flexibility index (Phi) is 4.94. The van der Waals surface area contributed by atoms with Gasteiger partial charge in [-0.15, -0.1) is 0 Å². The van der Waals surface area contributed by atoms with Gasteiger partial charge in [0, 0.05) is 38.4 Å². The number of rotatable bonds is 5. The summed E-state index contributed by atoms with van der Waals surface area (Å²) in [7, 11) is 2.00. The largest absolute Gasteiger partial charge is 0.364 e. The minimum Gasteiger partial charge on any atom is -0.364 e. The van der Waals surface area contributed by atoms with E-state index in [1.54, 1.807) is 0 Å². The number of carbonyl (C=O) groups is 1. The summed E-state index contributed by atoms with van der Waals surface area (Å²) in [5.41, 5.74) is 3.09. The normalized spacial score (nSPS) is 17.6. The van der Waals surface area contributed by atoms with Gasteiger partial charge < -0.3 is 19.2 Å². The molecule has 3 aromatic rings. The summed E-state index contributed by atoms with van der Waals surface area (Å²) in [6.45, 7) is 3.91. The average Bonchev–Trinajstić information content (AvgIpc) is 3.27. The van der Waals surface area contributed by atoms with Crippen LogP contribution in [0, 0.1) is 6.92 Å². The van der Waals surface area contributed by atoms with Gasteiger partial charge in [0.2, 0.25) is 5.91 Å². The van der Waals surface area contributed by atoms with Gasteiger partial charge in [0.25, 0.3) is 0 Å². The van der Waals surface area contributed by atoms with Crippen LogP contribution in [0.5, 0.6) is 0 Å². The fourth-order valence-electron chi connectivity index (χ4n) is 3.76. The number of nitrogens with zero attached hydrogens (tertiary/aromatic N) is 4. The van der Waals surface area contributed by atoms with Crippen LogP contribution in [0.4, 0.5) is 0 Å². The highest BCUT2D eigenvalue weighted by Crippen LogP contribution is 2.25. The van der Waals surface area contributed by atoms with Crippen molar-refractivity contribution in [2.75, 3.05) is 19.7 Å². The number of H-pyrrole nitrogens is 1. The van der Waals surface area contributed by atoms with Crippen LogP contribution in [0.25, 0.3) is 11.0 Å². The predicted molar refractivity (Wildman–Crippen MR) is 102 cm³/mol. The zero-order valence-electron chi connectivity index (χ0n) is 15.8. The summed E-state index contributed by atoms with van der Waals surface area (Å²) in [6.07, 6.45) is 5.82. The first-order valence-electron chi connectivity index (χ1n) is 9.38. The minimum absolute atomic E-state index is 0.0286. The van der Waals surface area contributed by atoms with Crippen LogP contribution in [0.2, 0.25) is 0 Å². The molecule has 1 unspecified atom stereocenters. The van der Waals surface area contributed by atoms with E-state index in [-0.39, 0.29) is 12.5 Å². The molecule has 1 aromatic carbocycles. The maximum absolute atomic E-state index is 12.5. The zero-order chi connectivity index (χ0) is 18.8. The summed E-state index contributed by atoms with van der Waals surface area (Å²) >= 11 is 0. The number of ether oxygens (including phenoxy) is 1. The van der Waals surface area contributed by atoms with E-state index in [1.165, 1.54) is 5.56 Å². The third kappa shape index (κ3) is 3.88. The second-order valence-corrected chi connectivity index (χ2v) is 7.27. The summed E-state index contributed by atoms with van der Waals surface area (Å²) in [5.74, 6) is 2.11. The van der Waals surface area contributed by atoms with Gasteiger partial charge in [0.05, 0.1) is 11.0 Å². The van der Waals surface area contributed by atoms with Crippen molar-refractivity contribution in [2.24, 2.45) is 7.05 Å². The molecule has 0 aliphatic carbocycles. The van der Waals surface area contributed by atoms with Gasteiger partial charge in [-0.3, -0.25) is 4.79 Å². The standard InChI is InChI=1S/C20H25N5O2/c1-14-5-6-16-17(10-14)23-18(22-16)12-27-13-19(26)25-8-3-4-15(11-25)20-21-7-9-24(20)2/h5-7,9-10,15H,3-4,8,11-13H2,1-2H3,(H,22,23). The fourth-order valence-corrected chi connectivity index (χ4v) is 3.76. The molecule has 3 heterocycles. The van der Waals surface area contributed by atoms with E-state index in [2.05, 4.69) is 21.0 Å². The van der Waals surface area contributed by atoms with E-state index < -0.39 is 0 Å². The van der Waals surface area contributed by atoms with Gasteiger partial charge in [-0.2, -0.15) is 0 Å². The van der Waals surface area contributed by atoms with E-state index >= 15 is 0 Å². The molecule has 2 aromatic heterocycles. The fraction of sp³-hybridized carbons (Fsp3) is 0.450. The lowest BCUT2D eigenvalue weighted by Crippen LogP contribution is -2.41. The molecule has 27 heavy (non-hydrogen) atoms. The molecular formula is C20H25N5O2. The maximum Gasteiger partial charge on any atom is 0.248 e. The second kappa shape index (κ2) is 7.52. The van der Waals surface area contributed by atoms with Crippen LogP contribution in [0.1, 0.15) is 36.0 Å². The number of nitrogens with one attached hydrogen (secondary N) is 1. The Hall–Kier alpha value is -2.67. The predicted octanol–water partition coefficient (Wildman–Crippen LogP) is 2.53. The van der Waals surface area contributed by atoms with Gasteiger partial charge in [0.1, 0.15) is 24.9 Å². The first-order valence-corrected chi connectivity index (χ1v) is 9.38. The Morgan fingerprint density at radius 1 is 1.41 bits per heavy atom. The molecule has 1 saturated heterocycles. The van der Waals surface area contributed by atoms with Gasteiger partial charge in [0.15, 0.2) is 0 Å². The number of benzene rings is 1. The first kappa shape index (κ1) is 17.7. The molecule has 1 amide bonds. The van der Waals surface area contributed by atoms with Crippen molar-refractivity contribution < 1.29 is 9.53 Å². The molecular weight excluding hydrogens is 342 g/mol. The Labute approximate surface area is 158 Å². The van der Waals surface area contributed by atoms with Gasteiger partial charge in [-0.1, -0.05) is 6.07 Å². The summed E-state index contributed by atoms with van der Waals surface area (Å²) in [6, 6.07) is 6.08. The molecule has 0 spiro atoms. The van der Waals surface area contributed by atoms with Crippen molar-refractivity contribution in [1.29, 1.82) is 0 Å². The summed E-state index contributed by atoms with van der Waals surface area (Å²) in [4.78, 5) is 26.6. The monoisotopic (exact) mass is 367 g/mol. The van der Waals surface area contributed by atoms with Gasteiger partial charge >= 0.3 is 0 Å². The number of aromatic amines is 1. The third-order valence-electron chi connectivity index (χ3n) is 5.15. The lowest BCUT2D eigenvalue weighted by molar-refractivity contribution is -0.137. The quantitative estimate of drug-likeness (QED) is 0.752. The molecule has 1 aliphatic heterocycles.